The van der Waals surface area contributed by atoms with Crippen molar-refractivity contribution in [2.45, 2.75) is 13.5 Å². The van der Waals surface area contributed by atoms with Crippen molar-refractivity contribution < 1.29 is 4.42 Å². The SMILES string of the molecule is Cc1cc(Br)ccc1NCc1c(Cl)oc2ccccc12. The zero-order chi connectivity index (χ0) is 14.1. The van der Waals surface area contributed by atoms with Gasteiger partial charge < -0.3 is 9.73 Å². The van der Waals surface area contributed by atoms with Gasteiger partial charge in [0, 0.05) is 27.7 Å². The fraction of sp³-hybridized carbons (Fsp3) is 0.125. The molecule has 0 aliphatic rings. The normalized spacial score (nSPS) is 10.9. The molecule has 1 N–H and O–H groups in total. The van der Waals surface area contributed by atoms with Gasteiger partial charge in [0.15, 0.2) is 5.22 Å². The Morgan fingerprint density at radius 1 is 1.20 bits per heavy atom. The summed E-state index contributed by atoms with van der Waals surface area (Å²) in [6.45, 7) is 2.71. The molecule has 0 aliphatic heterocycles. The lowest BCUT2D eigenvalue weighted by atomic mass is 10.1. The molecule has 2 nitrogen and oxygen atoms in total. The highest BCUT2D eigenvalue weighted by Crippen LogP contribution is 2.30. The van der Waals surface area contributed by atoms with Crippen LogP contribution in [0.4, 0.5) is 5.69 Å². The van der Waals surface area contributed by atoms with E-state index in [0.29, 0.717) is 11.8 Å². The van der Waals surface area contributed by atoms with Crippen LogP contribution >= 0.6 is 27.5 Å². The van der Waals surface area contributed by atoms with Gasteiger partial charge in [0.2, 0.25) is 0 Å². The molecule has 4 heteroatoms. The van der Waals surface area contributed by atoms with Crippen molar-refractivity contribution in [2.24, 2.45) is 0 Å². The number of hydrogen-bond acceptors (Lipinski definition) is 2. The van der Waals surface area contributed by atoms with Crippen LogP contribution in [0, 0.1) is 6.92 Å². The van der Waals surface area contributed by atoms with E-state index in [9.17, 15) is 0 Å². The zero-order valence-corrected chi connectivity index (χ0v) is 13.3. The molecule has 1 aromatic heterocycles. The second kappa shape index (κ2) is 5.51. The summed E-state index contributed by atoms with van der Waals surface area (Å²) in [7, 11) is 0. The molecular weight excluding hydrogens is 338 g/mol. The summed E-state index contributed by atoms with van der Waals surface area (Å²) in [6.07, 6.45) is 0. The maximum absolute atomic E-state index is 6.18. The van der Waals surface area contributed by atoms with Crippen molar-refractivity contribution in [3.05, 3.63) is 63.3 Å². The number of rotatable bonds is 3. The molecule has 0 radical (unpaired) electrons. The Bertz CT molecular complexity index is 766. The number of aryl methyl sites for hydroxylation is 1. The van der Waals surface area contributed by atoms with Crippen molar-refractivity contribution in [1.29, 1.82) is 0 Å². The highest BCUT2D eigenvalue weighted by molar-refractivity contribution is 9.10. The quantitative estimate of drug-likeness (QED) is 0.648. The first-order valence-electron chi connectivity index (χ1n) is 6.31. The Hall–Kier alpha value is -1.45. The molecule has 0 aliphatic carbocycles. The Kier molecular flexibility index (Phi) is 3.72. The second-order valence-electron chi connectivity index (χ2n) is 4.66. The zero-order valence-electron chi connectivity index (χ0n) is 10.9. The monoisotopic (exact) mass is 349 g/mol. The van der Waals surface area contributed by atoms with Gasteiger partial charge in [-0.05, 0) is 48.4 Å². The first kappa shape index (κ1) is 13.5. The average Bonchev–Trinajstić information content (AvgIpc) is 2.74. The number of anilines is 1. The summed E-state index contributed by atoms with van der Waals surface area (Å²) in [4.78, 5) is 0. The molecule has 0 saturated carbocycles. The summed E-state index contributed by atoms with van der Waals surface area (Å²) in [5, 5.41) is 4.92. The summed E-state index contributed by atoms with van der Waals surface area (Å²) in [5.74, 6) is 0. The van der Waals surface area contributed by atoms with Crippen LogP contribution < -0.4 is 5.32 Å². The molecule has 3 aromatic rings. The minimum absolute atomic E-state index is 0.452. The summed E-state index contributed by atoms with van der Waals surface area (Å²) < 4.78 is 6.63. The molecule has 1 heterocycles. The number of para-hydroxylation sites is 1. The van der Waals surface area contributed by atoms with Gasteiger partial charge in [-0.2, -0.15) is 0 Å². The van der Waals surface area contributed by atoms with Crippen LogP contribution in [0.2, 0.25) is 5.22 Å². The van der Waals surface area contributed by atoms with Crippen molar-refractivity contribution in [3.8, 4) is 0 Å². The molecule has 0 saturated heterocycles. The van der Waals surface area contributed by atoms with E-state index in [1.54, 1.807) is 0 Å². The van der Waals surface area contributed by atoms with Gasteiger partial charge in [-0.15, -0.1) is 0 Å². The van der Waals surface area contributed by atoms with Gasteiger partial charge in [-0.3, -0.25) is 0 Å². The molecular formula is C16H13BrClNO. The largest absolute Gasteiger partial charge is 0.444 e. The maximum atomic E-state index is 6.18. The van der Waals surface area contributed by atoms with E-state index in [2.05, 4.69) is 40.3 Å². The average molecular weight is 351 g/mol. The van der Waals surface area contributed by atoms with Crippen LogP contribution in [-0.2, 0) is 6.54 Å². The Morgan fingerprint density at radius 3 is 2.80 bits per heavy atom. The smallest absolute Gasteiger partial charge is 0.199 e. The number of halogens is 2. The first-order valence-corrected chi connectivity index (χ1v) is 7.48. The highest BCUT2D eigenvalue weighted by atomic mass is 79.9. The van der Waals surface area contributed by atoms with E-state index >= 15 is 0 Å². The molecule has 0 spiro atoms. The Labute approximate surface area is 130 Å². The Balaban J connectivity index is 1.88. The van der Waals surface area contributed by atoms with E-state index in [4.69, 9.17) is 16.0 Å². The Morgan fingerprint density at radius 2 is 2.00 bits per heavy atom. The number of nitrogens with one attached hydrogen (secondary N) is 1. The molecule has 20 heavy (non-hydrogen) atoms. The van der Waals surface area contributed by atoms with Crippen LogP contribution in [0.15, 0.2) is 51.4 Å². The van der Waals surface area contributed by atoms with E-state index in [-0.39, 0.29) is 0 Å². The van der Waals surface area contributed by atoms with Gasteiger partial charge >= 0.3 is 0 Å². The number of furan rings is 1. The van der Waals surface area contributed by atoms with Crippen LogP contribution in [0.3, 0.4) is 0 Å². The van der Waals surface area contributed by atoms with Crippen LogP contribution in [-0.4, -0.2) is 0 Å². The van der Waals surface area contributed by atoms with Gasteiger partial charge in [0.1, 0.15) is 5.58 Å². The van der Waals surface area contributed by atoms with Crippen molar-refractivity contribution in [3.63, 3.8) is 0 Å². The molecule has 3 rings (SSSR count). The predicted molar refractivity (Wildman–Crippen MR) is 87.4 cm³/mol. The van der Waals surface area contributed by atoms with Gasteiger partial charge in [-0.1, -0.05) is 34.1 Å². The number of benzene rings is 2. The minimum atomic E-state index is 0.452. The van der Waals surface area contributed by atoms with Gasteiger partial charge in [0.25, 0.3) is 0 Å². The lowest BCUT2D eigenvalue weighted by molar-refractivity contribution is 0.613. The fourth-order valence-electron chi connectivity index (χ4n) is 2.24. The van der Waals surface area contributed by atoms with Crippen molar-refractivity contribution in [1.82, 2.24) is 0 Å². The fourth-order valence-corrected chi connectivity index (χ4v) is 2.97. The molecule has 0 atom stereocenters. The minimum Gasteiger partial charge on any atom is -0.444 e. The standard InChI is InChI=1S/C16H13BrClNO/c1-10-8-11(17)6-7-14(10)19-9-13-12-4-2-3-5-15(12)20-16(13)18/h2-8,19H,9H2,1H3. The van der Waals surface area contributed by atoms with Gasteiger partial charge in [-0.25, -0.2) is 0 Å². The topological polar surface area (TPSA) is 25.2 Å². The third-order valence-electron chi connectivity index (χ3n) is 3.29. The van der Waals surface area contributed by atoms with E-state index in [0.717, 1.165) is 26.7 Å². The lowest BCUT2D eigenvalue weighted by Crippen LogP contribution is -2.00. The van der Waals surface area contributed by atoms with Crippen LogP contribution in [0.5, 0.6) is 0 Å². The molecule has 2 aromatic carbocycles. The highest BCUT2D eigenvalue weighted by Gasteiger charge is 2.11. The first-order chi connectivity index (χ1) is 9.65. The van der Waals surface area contributed by atoms with E-state index in [1.165, 1.54) is 5.56 Å². The summed E-state index contributed by atoms with van der Waals surface area (Å²) in [6, 6.07) is 14.0. The van der Waals surface area contributed by atoms with E-state index < -0.39 is 0 Å². The molecule has 0 bridgehead atoms. The lowest BCUT2D eigenvalue weighted by Gasteiger charge is -2.09. The molecule has 0 fully saturated rings. The third kappa shape index (κ3) is 2.56. The number of fused-ring (bicyclic) bond motifs is 1. The van der Waals surface area contributed by atoms with Crippen molar-refractivity contribution in [2.75, 3.05) is 5.32 Å². The third-order valence-corrected chi connectivity index (χ3v) is 4.09. The van der Waals surface area contributed by atoms with Gasteiger partial charge in [0.05, 0.1) is 0 Å². The van der Waals surface area contributed by atoms with Crippen LogP contribution in [0.1, 0.15) is 11.1 Å². The second-order valence-corrected chi connectivity index (χ2v) is 5.92. The predicted octanol–water partition coefficient (Wildman–Crippen LogP) is 5.77. The molecule has 0 unspecified atom stereocenters. The summed E-state index contributed by atoms with van der Waals surface area (Å²) >= 11 is 9.65. The maximum Gasteiger partial charge on any atom is 0.199 e. The number of hydrogen-bond donors (Lipinski definition) is 1. The van der Waals surface area contributed by atoms with Crippen LogP contribution in [0.25, 0.3) is 11.0 Å². The van der Waals surface area contributed by atoms with E-state index in [1.807, 2.05) is 30.3 Å². The molecule has 0 amide bonds. The molecule has 102 valence electrons. The summed E-state index contributed by atoms with van der Waals surface area (Å²) in [5.41, 5.74) is 4.09. The van der Waals surface area contributed by atoms with Crippen molar-refractivity contribution >= 4 is 44.2 Å².